The summed E-state index contributed by atoms with van der Waals surface area (Å²) in [6.07, 6.45) is 5.40. The van der Waals surface area contributed by atoms with E-state index in [2.05, 4.69) is 46.7 Å². The molecule has 0 saturated carbocycles. The first kappa shape index (κ1) is 20.1. The number of H-pyrrole nitrogens is 1. The lowest BCUT2D eigenvalue weighted by Crippen LogP contribution is -2.33. The van der Waals surface area contributed by atoms with Gasteiger partial charge in [-0.1, -0.05) is 24.6 Å². The predicted octanol–water partition coefficient (Wildman–Crippen LogP) is 4.42. The molecular formula is C23H29N3O2S. The fourth-order valence-corrected chi connectivity index (χ4v) is 5.41. The summed E-state index contributed by atoms with van der Waals surface area (Å²) in [5.74, 6) is 0. The Kier molecular flexibility index (Phi) is 5.51. The molecule has 1 fully saturated rings. The van der Waals surface area contributed by atoms with Gasteiger partial charge in [-0.3, -0.25) is 4.90 Å². The Morgan fingerprint density at radius 2 is 1.97 bits per heavy atom. The van der Waals surface area contributed by atoms with Crippen LogP contribution >= 0.6 is 0 Å². The van der Waals surface area contributed by atoms with Crippen molar-refractivity contribution in [2.75, 3.05) is 13.6 Å². The summed E-state index contributed by atoms with van der Waals surface area (Å²) < 4.78 is 27.0. The van der Waals surface area contributed by atoms with Crippen LogP contribution in [-0.2, 0) is 16.6 Å². The van der Waals surface area contributed by atoms with Gasteiger partial charge in [0.05, 0.1) is 4.90 Å². The molecule has 154 valence electrons. The van der Waals surface area contributed by atoms with Crippen molar-refractivity contribution < 1.29 is 8.42 Å². The summed E-state index contributed by atoms with van der Waals surface area (Å²) in [7, 11) is -1.99. The van der Waals surface area contributed by atoms with Crippen molar-refractivity contribution >= 4 is 20.9 Å². The van der Waals surface area contributed by atoms with E-state index in [1.54, 1.807) is 6.07 Å². The molecule has 29 heavy (non-hydrogen) atoms. The van der Waals surface area contributed by atoms with Gasteiger partial charge in [-0.25, -0.2) is 13.1 Å². The Hall–Kier alpha value is -2.15. The maximum absolute atomic E-state index is 12.3. The Labute approximate surface area is 173 Å². The van der Waals surface area contributed by atoms with Crippen LogP contribution in [0.1, 0.15) is 47.6 Å². The van der Waals surface area contributed by atoms with E-state index in [1.807, 2.05) is 18.3 Å². The van der Waals surface area contributed by atoms with E-state index in [0.29, 0.717) is 4.90 Å². The summed E-state index contributed by atoms with van der Waals surface area (Å²) in [4.78, 5) is 6.22. The molecule has 0 amide bonds. The molecule has 3 aromatic rings. The summed E-state index contributed by atoms with van der Waals surface area (Å²) in [6, 6.07) is 12.1. The number of piperidine rings is 1. The first-order valence-corrected chi connectivity index (χ1v) is 11.7. The molecule has 0 radical (unpaired) electrons. The third-order valence-corrected chi connectivity index (χ3v) is 7.58. The Bertz CT molecular complexity index is 1130. The summed E-state index contributed by atoms with van der Waals surface area (Å²) in [5, 5.41) is 1.29. The van der Waals surface area contributed by atoms with Crippen molar-refractivity contribution in [3.05, 3.63) is 64.8 Å². The normalized spacial score (nSPS) is 18.4. The van der Waals surface area contributed by atoms with Gasteiger partial charge in [0.25, 0.3) is 0 Å². The van der Waals surface area contributed by atoms with Crippen LogP contribution in [0.3, 0.4) is 0 Å². The van der Waals surface area contributed by atoms with E-state index in [1.165, 1.54) is 41.1 Å². The molecule has 1 saturated heterocycles. The molecule has 1 aliphatic rings. The largest absolute Gasteiger partial charge is 0.361 e. The molecule has 1 atom stereocenters. The minimum absolute atomic E-state index is 0.227. The number of fused-ring (bicyclic) bond motifs is 1. The number of hydrogen-bond acceptors (Lipinski definition) is 3. The summed E-state index contributed by atoms with van der Waals surface area (Å²) in [6.45, 7) is 6.22. The van der Waals surface area contributed by atoms with Crippen LogP contribution in [-0.4, -0.2) is 31.9 Å². The van der Waals surface area contributed by atoms with Crippen LogP contribution in [0, 0.1) is 13.8 Å². The van der Waals surface area contributed by atoms with Gasteiger partial charge in [-0.2, -0.15) is 0 Å². The molecule has 6 heteroatoms. The molecule has 2 heterocycles. The van der Waals surface area contributed by atoms with E-state index < -0.39 is 10.0 Å². The number of rotatable bonds is 5. The lowest BCUT2D eigenvalue weighted by Gasteiger charge is -2.36. The maximum Gasteiger partial charge on any atom is 0.240 e. The molecule has 0 spiro atoms. The second-order valence-corrected chi connectivity index (χ2v) is 9.90. The first-order valence-electron chi connectivity index (χ1n) is 10.2. The average molecular weight is 412 g/mol. The van der Waals surface area contributed by atoms with Crippen molar-refractivity contribution in [3.8, 4) is 0 Å². The molecule has 4 rings (SSSR count). The zero-order valence-corrected chi connectivity index (χ0v) is 18.1. The molecule has 1 aliphatic heterocycles. The fourth-order valence-electron chi connectivity index (χ4n) is 4.62. The number of sulfonamides is 1. The van der Waals surface area contributed by atoms with Crippen LogP contribution in [0.2, 0.25) is 0 Å². The summed E-state index contributed by atoms with van der Waals surface area (Å²) in [5.41, 5.74) is 6.23. The van der Waals surface area contributed by atoms with Crippen LogP contribution in [0.5, 0.6) is 0 Å². The topological polar surface area (TPSA) is 65.2 Å². The second-order valence-electron chi connectivity index (χ2n) is 8.02. The van der Waals surface area contributed by atoms with Gasteiger partial charge in [0.2, 0.25) is 10.0 Å². The van der Waals surface area contributed by atoms with Crippen molar-refractivity contribution in [1.29, 1.82) is 0 Å². The van der Waals surface area contributed by atoms with Crippen molar-refractivity contribution in [2.45, 2.75) is 50.6 Å². The van der Waals surface area contributed by atoms with Gasteiger partial charge in [0, 0.05) is 29.7 Å². The second kappa shape index (κ2) is 7.94. The minimum Gasteiger partial charge on any atom is -0.361 e. The van der Waals surface area contributed by atoms with Gasteiger partial charge >= 0.3 is 0 Å². The molecule has 0 bridgehead atoms. The number of hydrogen-bond donors (Lipinski definition) is 2. The highest BCUT2D eigenvalue weighted by molar-refractivity contribution is 7.89. The summed E-state index contributed by atoms with van der Waals surface area (Å²) >= 11 is 0. The van der Waals surface area contributed by atoms with E-state index in [-0.39, 0.29) is 6.04 Å². The number of benzene rings is 2. The van der Waals surface area contributed by atoms with Crippen LogP contribution < -0.4 is 4.72 Å². The standard InChI is InChI=1S/C23H29N3O2S/c1-16-13-17(2)23-20(10-11-25-23)21(16)15-26-12-5-4-9-22(26)18-7-6-8-19(14-18)29(27,28)24-3/h6-8,10-11,13-14,22,24-25H,4-5,9,12,15H2,1-3H3. The third-order valence-electron chi connectivity index (χ3n) is 6.17. The number of aromatic nitrogens is 1. The van der Waals surface area contributed by atoms with Crippen LogP contribution in [0.15, 0.2) is 47.5 Å². The van der Waals surface area contributed by atoms with Gasteiger partial charge in [0.15, 0.2) is 0 Å². The fraction of sp³-hybridized carbons (Fsp3) is 0.391. The van der Waals surface area contributed by atoms with Crippen molar-refractivity contribution in [1.82, 2.24) is 14.6 Å². The molecule has 2 N–H and O–H groups in total. The van der Waals surface area contributed by atoms with E-state index in [9.17, 15) is 8.42 Å². The minimum atomic E-state index is -3.44. The lowest BCUT2D eigenvalue weighted by molar-refractivity contribution is 0.140. The Morgan fingerprint density at radius 1 is 1.14 bits per heavy atom. The zero-order chi connectivity index (χ0) is 20.6. The monoisotopic (exact) mass is 411 g/mol. The highest BCUT2D eigenvalue weighted by atomic mass is 32.2. The zero-order valence-electron chi connectivity index (χ0n) is 17.3. The average Bonchev–Trinajstić information content (AvgIpc) is 3.22. The molecular weight excluding hydrogens is 382 g/mol. The number of nitrogens with one attached hydrogen (secondary N) is 2. The van der Waals surface area contributed by atoms with Gasteiger partial charge in [-0.15, -0.1) is 0 Å². The number of nitrogens with zero attached hydrogens (tertiary/aromatic N) is 1. The number of aryl methyl sites for hydroxylation is 2. The molecule has 1 aromatic heterocycles. The highest BCUT2D eigenvalue weighted by Crippen LogP contribution is 2.35. The van der Waals surface area contributed by atoms with Gasteiger partial charge < -0.3 is 4.98 Å². The molecule has 0 aliphatic carbocycles. The quantitative estimate of drug-likeness (QED) is 0.653. The number of aromatic amines is 1. The van der Waals surface area contributed by atoms with Crippen molar-refractivity contribution in [3.63, 3.8) is 0 Å². The maximum atomic E-state index is 12.3. The third kappa shape index (κ3) is 3.84. The van der Waals surface area contributed by atoms with Crippen LogP contribution in [0.25, 0.3) is 10.9 Å². The van der Waals surface area contributed by atoms with Gasteiger partial charge in [-0.05, 0) is 80.7 Å². The smallest absolute Gasteiger partial charge is 0.240 e. The molecule has 2 aromatic carbocycles. The van der Waals surface area contributed by atoms with E-state index >= 15 is 0 Å². The lowest BCUT2D eigenvalue weighted by atomic mass is 9.93. The van der Waals surface area contributed by atoms with Gasteiger partial charge in [0.1, 0.15) is 0 Å². The van der Waals surface area contributed by atoms with Crippen LogP contribution in [0.4, 0.5) is 0 Å². The predicted molar refractivity (Wildman–Crippen MR) is 117 cm³/mol. The Balaban J connectivity index is 1.70. The number of likely N-dealkylation sites (tertiary alicyclic amines) is 1. The van der Waals surface area contributed by atoms with E-state index in [0.717, 1.165) is 31.5 Å². The van der Waals surface area contributed by atoms with E-state index in [4.69, 9.17) is 0 Å². The van der Waals surface area contributed by atoms with Crippen molar-refractivity contribution in [2.24, 2.45) is 0 Å². The molecule has 1 unspecified atom stereocenters. The molecule has 5 nitrogen and oxygen atoms in total. The highest BCUT2D eigenvalue weighted by Gasteiger charge is 2.26. The Morgan fingerprint density at radius 3 is 2.76 bits per heavy atom. The first-order chi connectivity index (χ1) is 13.9. The SMILES string of the molecule is CNS(=O)(=O)c1cccc(C2CCCCN2Cc2c(C)cc(C)c3[nH]ccc23)c1.